The molecule has 0 spiro atoms. The summed E-state index contributed by atoms with van der Waals surface area (Å²) >= 11 is 6.27. The maximum atomic E-state index is 13.1. The maximum Gasteiger partial charge on any atom is 0.410 e. The van der Waals surface area contributed by atoms with Crippen LogP contribution in [0.4, 0.5) is 4.79 Å². The summed E-state index contributed by atoms with van der Waals surface area (Å²) in [6.45, 7) is -0.0689. The zero-order valence-corrected chi connectivity index (χ0v) is 17.7. The van der Waals surface area contributed by atoms with Gasteiger partial charge in [-0.2, -0.15) is 0 Å². The average molecular weight is 454 g/mol. The number of aliphatic carboxylic acids is 1. The standard InChI is InChI=1S/C23H20ClN3O5/c24-17-5-6-20(31-13-21(28)29)19(9-17)22-18-4-2-1-3-16(18)7-8-27(22)23(30)32-12-15-10-25-14-26-11-15/h1-6,9-11,14,22H,7-8,12-13H2,(H,28,29)/t22-/m0/s1. The fraction of sp³-hybridized carbons (Fsp3) is 0.217. The van der Waals surface area contributed by atoms with Crippen molar-refractivity contribution in [2.45, 2.75) is 19.1 Å². The van der Waals surface area contributed by atoms with E-state index >= 15 is 0 Å². The van der Waals surface area contributed by atoms with Gasteiger partial charge in [0.25, 0.3) is 0 Å². The number of amides is 1. The second-order valence-corrected chi connectivity index (χ2v) is 7.65. The van der Waals surface area contributed by atoms with Crippen molar-refractivity contribution < 1.29 is 24.2 Å². The number of fused-ring (bicyclic) bond motifs is 1. The van der Waals surface area contributed by atoms with Gasteiger partial charge in [0.05, 0.1) is 6.04 Å². The predicted molar refractivity (Wildman–Crippen MR) is 115 cm³/mol. The average Bonchev–Trinajstić information content (AvgIpc) is 2.81. The van der Waals surface area contributed by atoms with Crippen LogP contribution in [-0.2, 0) is 22.6 Å². The molecule has 1 amide bonds. The van der Waals surface area contributed by atoms with E-state index in [1.54, 1.807) is 35.5 Å². The van der Waals surface area contributed by atoms with E-state index in [9.17, 15) is 9.59 Å². The Bertz CT molecular complexity index is 1130. The minimum absolute atomic E-state index is 0.0302. The molecule has 1 aliphatic heterocycles. The Hall–Kier alpha value is -3.65. The Morgan fingerprint density at radius 1 is 1.12 bits per heavy atom. The highest BCUT2D eigenvalue weighted by Gasteiger charge is 2.35. The number of benzene rings is 2. The molecule has 0 aliphatic carbocycles. The number of carboxylic acids is 1. The summed E-state index contributed by atoms with van der Waals surface area (Å²) in [4.78, 5) is 33.7. The van der Waals surface area contributed by atoms with Crippen molar-refractivity contribution >= 4 is 23.7 Å². The summed E-state index contributed by atoms with van der Waals surface area (Å²) < 4.78 is 11.1. The molecule has 9 heteroatoms. The molecule has 0 saturated carbocycles. The number of halogens is 1. The number of carboxylic acid groups (broad SMARTS) is 1. The minimum Gasteiger partial charge on any atom is -0.482 e. The van der Waals surface area contributed by atoms with Crippen molar-refractivity contribution in [1.82, 2.24) is 14.9 Å². The van der Waals surface area contributed by atoms with Gasteiger partial charge in [0.2, 0.25) is 0 Å². The van der Waals surface area contributed by atoms with Crippen LogP contribution in [0.25, 0.3) is 0 Å². The molecule has 1 aromatic heterocycles. The van der Waals surface area contributed by atoms with Crippen LogP contribution < -0.4 is 4.74 Å². The van der Waals surface area contributed by atoms with Crippen LogP contribution in [-0.4, -0.2) is 45.2 Å². The van der Waals surface area contributed by atoms with Gasteiger partial charge in [-0.3, -0.25) is 4.90 Å². The number of carbonyl (C=O) groups excluding carboxylic acids is 1. The van der Waals surface area contributed by atoms with Crippen LogP contribution in [0, 0.1) is 0 Å². The molecule has 0 radical (unpaired) electrons. The number of aromatic nitrogens is 2. The van der Waals surface area contributed by atoms with Gasteiger partial charge in [-0.1, -0.05) is 35.9 Å². The maximum absolute atomic E-state index is 13.1. The number of hydrogen-bond donors (Lipinski definition) is 1. The highest BCUT2D eigenvalue weighted by Crippen LogP contribution is 2.40. The zero-order chi connectivity index (χ0) is 22.5. The minimum atomic E-state index is -1.10. The summed E-state index contributed by atoms with van der Waals surface area (Å²) in [5.74, 6) is -0.760. The van der Waals surface area contributed by atoms with Gasteiger partial charge in [-0.05, 0) is 35.7 Å². The van der Waals surface area contributed by atoms with Crippen LogP contribution in [0.15, 0.2) is 61.2 Å². The first kappa shape index (κ1) is 21.6. The highest BCUT2D eigenvalue weighted by molar-refractivity contribution is 6.30. The number of hydrogen-bond acceptors (Lipinski definition) is 6. The molecular weight excluding hydrogens is 434 g/mol. The lowest BCUT2D eigenvalue weighted by Crippen LogP contribution is -2.41. The SMILES string of the molecule is O=C(O)COc1ccc(Cl)cc1[C@@H]1c2ccccc2CCN1C(=O)OCc1cncnc1. The molecule has 1 aliphatic rings. The monoisotopic (exact) mass is 453 g/mol. The molecule has 0 unspecified atom stereocenters. The van der Waals surface area contributed by atoms with Crippen LogP contribution >= 0.6 is 11.6 Å². The molecule has 4 rings (SSSR count). The predicted octanol–water partition coefficient (Wildman–Crippen LogP) is 3.88. The highest BCUT2D eigenvalue weighted by atomic mass is 35.5. The molecule has 0 fully saturated rings. The van der Waals surface area contributed by atoms with Crippen molar-refractivity contribution in [3.05, 3.63) is 88.5 Å². The van der Waals surface area contributed by atoms with E-state index in [1.165, 1.54) is 6.33 Å². The summed E-state index contributed by atoms with van der Waals surface area (Å²) in [7, 11) is 0. The molecule has 2 aromatic carbocycles. The topological polar surface area (TPSA) is 102 Å². The molecule has 3 aromatic rings. The molecule has 8 nitrogen and oxygen atoms in total. The summed E-state index contributed by atoms with van der Waals surface area (Å²) in [6, 6.07) is 12.2. The van der Waals surface area contributed by atoms with E-state index in [4.69, 9.17) is 26.2 Å². The van der Waals surface area contributed by atoms with Gasteiger partial charge in [0, 0.05) is 35.1 Å². The number of ether oxygens (including phenoxy) is 2. The quantitative estimate of drug-likeness (QED) is 0.604. The fourth-order valence-electron chi connectivity index (χ4n) is 3.74. The molecule has 0 bridgehead atoms. The largest absolute Gasteiger partial charge is 0.482 e. The Labute approximate surface area is 189 Å². The molecule has 164 valence electrons. The van der Waals surface area contributed by atoms with E-state index in [2.05, 4.69) is 9.97 Å². The third-order valence-electron chi connectivity index (χ3n) is 5.11. The molecule has 2 heterocycles. The third-order valence-corrected chi connectivity index (χ3v) is 5.35. The van der Waals surface area contributed by atoms with Crippen molar-refractivity contribution in [2.75, 3.05) is 13.2 Å². The summed E-state index contributed by atoms with van der Waals surface area (Å²) in [5, 5.41) is 9.51. The smallest absolute Gasteiger partial charge is 0.410 e. The second kappa shape index (κ2) is 9.65. The number of rotatable bonds is 6. The van der Waals surface area contributed by atoms with Crippen LogP contribution in [0.3, 0.4) is 0 Å². The Balaban J connectivity index is 1.69. The first-order valence-electron chi connectivity index (χ1n) is 9.92. The van der Waals surface area contributed by atoms with Crippen molar-refractivity contribution in [2.24, 2.45) is 0 Å². The van der Waals surface area contributed by atoms with Gasteiger partial charge in [-0.25, -0.2) is 19.6 Å². The third kappa shape index (κ3) is 4.81. The molecule has 32 heavy (non-hydrogen) atoms. The molecular formula is C23H20ClN3O5. The van der Waals surface area contributed by atoms with Crippen LogP contribution in [0.2, 0.25) is 5.02 Å². The van der Waals surface area contributed by atoms with Crippen LogP contribution in [0.1, 0.15) is 28.3 Å². The lowest BCUT2D eigenvalue weighted by Gasteiger charge is -2.37. The molecule has 1 atom stereocenters. The number of carbonyl (C=O) groups is 2. The van der Waals surface area contributed by atoms with E-state index < -0.39 is 24.7 Å². The van der Waals surface area contributed by atoms with Crippen molar-refractivity contribution in [3.63, 3.8) is 0 Å². The Morgan fingerprint density at radius 2 is 1.91 bits per heavy atom. The fourth-order valence-corrected chi connectivity index (χ4v) is 3.92. The van der Waals surface area contributed by atoms with Gasteiger partial charge in [0.15, 0.2) is 6.61 Å². The van der Waals surface area contributed by atoms with Gasteiger partial charge < -0.3 is 14.6 Å². The second-order valence-electron chi connectivity index (χ2n) is 7.21. The van der Waals surface area contributed by atoms with E-state index in [0.717, 1.165) is 11.1 Å². The van der Waals surface area contributed by atoms with Crippen LogP contribution in [0.5, 0.6) is 5.75 Å². The van der Waals surface area contributed by atoms with E-state index in [-0.39, 0.29) is 6.61 Å². The first-order chi connectivity index (χ1) is 15.5. The van der Waals surface area contributed by atoms with Crippen molar-refractivity contribution in [3.8, 4) is 5.75 Å². The van der Waals surface area contributed by atoms with Gasteiger partial charge >= 0.3 is 12.1 Å². The van der Waals surface area contributed by atoms with E-state index in [1.807, 2.05) is 24.3 Å². The number of nitrogens with zero attached hydrogens (tertiary/aromatic N) is 3. The Kier molecular flexibility index (Phi) is 6.51. The van der Waals surface area contributed by atoms with E-state index in [0.29, 0.717) is 34.9 Å². The summed E-state index contributed by atoms with van der Waals surface area (Å²) in [6.07, 6.45) is 4.71. The Morgan fingerprint density at radius 3 is 2.69 bits per heavy atom. The van der Waals surface area contributed by atoms with Gasteiger partial charge in [0.1, 0.15) is 18.7 Å². The lowest BCUT2D eigenvalue weighted by atomic mass is 9.88. The van der Waals surface area contributed by atoms with Gasteiger partial charge in [-0.15, -0.1) is 0 Å². The first-order valence-corrected chi connectivity index (χ1v) is 10.3. The lowest BCUT2D eigenvalue weighted by molar-refractivity contribution is -0.139. The molecule has 1 N–H and O–H groups in total. The van der Waals surface area contributed by atoms with Crippen molar-refractivity contribution in [1.29, 1.82) is 0 Å². The normalized spacial score (nSPS) is 15.0. The summed E-state index contributed by atoms with van der Waals surface area (Å²) in [5.41, 5.74) is 3.25. The zero-order valence-electron chi connectivity index (χ0n) is 17.0. The molecule has 0 saturated heterocycles.